The summed E-state index contributed by atoms with van der Waals surface area (Å²) in [6, 6.07) is 17.1. The topological polar surface area (TPSA) is 66.8 Å². The van der Waals surface area contributed by atoms with E-state index in [1.165, 1.54) is 5.56 Å². The van der Waals surface area contributed by atoms with Crippen LogP contribution < -0.4 is 4.74 Å². The SMILES string of the molecule is CC1C(c2ccccc2)CCN1C(=O)c1cccc(OCC(=O)O)c1. The zero-order chi connectivity index (χ0) is 17.8. The van der Waals surface area contributed by atoms with Crippen LogP contribution >= 0.6 is 0 Å². The van der Waals surface area contributed by atoms with Gasteiger partial charge in [-0.2, -0.15) is 0 Å². The van der Waals surface area contributed by atoms with Crippen LogP contribution in [-0.2, 0) is 4.79 Å². The molecule has 0 saturated carbocycles. The number of ether oxygens (including phenoxy) is 1. The predicted octanol–water partition coefficient (Wildman–Crippen LogP) is 3.17. The Morgan fingerprint density at radius 3 is 2.64 bits per heavy atom. The van der Waals surface area contributed by atoms with Gasteiger partial charge in [0.05, 0.1) is 0 Å². The summed E-state index contributed by atoms with van der Waals surface area (Å²) in [4.78, 5) is 25.4. The second kappa shape index (κ2) is 7.38. The first-order valence-corrected chi connectivity index (χ1v) is 8.37. The highest BCUT2D eigenvalue weighted by Gasteiger charge is 2.35. The molecule has 1 aliphatic rings. The molecule has 0 radical (unpaired) electrons. The van der Waals surface area contributed by atoms with Crippen molar-refractivity contribution in [1.82, 2.24) is 4.90 Å². The van der Waals surface area contributed by atoms with Crippen LogP contribution in [0.1, 0.15) is 35.2 Å². The van der Waals surface area contributed by atoms with Crippen molar-refractivity contribution in [3.8, 4) is 5.75 Å². The molecule has 1 fully saturated rings. The van der Waals surface area contributed by atoms with Gasteiger partial charge in [0.25, 0.3) is 5.91 Å². The number of hydrogen-bond donors (Lipinski definition) is 1. The summed E-state index contributed by atoms with van der Waals surface area (Å²) >= 11 is 0. The van der Waals surface area contributed by atoms with Crippen molar-refractivity contribution in [3.63, 3.8) is 0 Å². The van der Waals surface area contributed by atoms with Crippen molar-refractivity contribution in [2.45, 2.75) is 25.3 Å². The Kier molecular flexibility index (Phi) is 5.03. The molecule has 3 rings (SSSR count). The Morgan fingerprint density at radius 2 is 1.92 bits per heavy atom. The normalized spacial score (nSPS) is 19.6. The highest BCUT2D eigenvalue weighted by atomic mass is 16.5. The minimum absolute atomic E-state index is 0.0493. The maximum absolute atomic E-state index is 12.9. The Morgan fingerprint density at radius 1 is 1.16 bits per heavy atom. The van der Waals surface area contributed by atoms with E-state index in [1.807, 2.05) is 23.1 Å². The van der Waals surface area contributed by atoms with E-state index in [2.05, 4.69) is 19.1 Å². The largest absolute Gasteiger partial charge is 0.482 e. The van der Waals surface area contributed by atoms with Crippen molar-refractivity contribution in [1.29, 1.82) is 0 Å². The van der Waals surface area contributed by atoms with Crippen LogP contribution in [0, 0.1) is 0 Å². The number of benzene rings is 2. The first kappa shape index (κ1) is 17.0. The van der Waals surface area contributed by atoms with E-state index in [1.54, 1.807) is 24.3 Å². The number of carboxylic acids is 1. The smallest absolute Gasteiger partial charge is 0.341 e. The van der Waals surface area contributed by atoms with E-state index in [0.717, 1.165) is 6.42 Å². The van der Waals surface area contributed by atoms with Crippen molar-refractivity contribution in [2.24, 2.45) is 0 Å². The Labute approximate surface area is 146 Å². The lowest BCUT2D eigenvalue weighted by Gasteiger charge is -2.25. The quantitative estimate of drug-likeness (QED) is 0.908. The molecule has 25 heavy (non-hydrogen) atoms. The maximum atomic E-state index is 12.9. The molecule has 2 aromatic rings. The van der Waals surface area contributed by atoms with Crippen molar-refractivity contribution in [3.05, 3.63) is 65.7 Å². The summed E-state index contributed by atoms with van der Waals surface area (Å²) in [5, 5.41) is 8.70. The zero-order valence-corrected chi connectivity index (χ0v) is 14.1. The molecule has 1 saturated heterocycles. The van der Waals surface area contributed by atoms with E-state index in [9.17, 15) is 9.59 Å². The van der Waals surface area contributed by atoms with Crippen LogP contribution in [0.25, 0.3) is 0 Å². The van der Waals surface area contributed by atoms with Crippen molar-refractivity contribution in [2.75, 3.05) is 13.2 Å². The van der Waals surface area contributed by atoms with E-state index in [-0.39, 0.29) is 11.9 Å². The second-order valence-corrected chi connectivity index (χ2v) is 6.26. The van der Waals surface area contributed by atoms with Gasteiger partial charge in [0.1, 0.15) is 5.75 Å². The maximum Gasteiger partial charge on any atom is 0.341 e. The van der Waals surface area contributed by atoms with Gasteiger partial charge < -0.3 is 14.7 Å². The second-order valence-electron chi connectivity index (χ2n) is 6.26. The number of aliphatic carboxylic acids is 1. The van der Waals surface area contributed by atoms with Crippen LogP contribution in [-0.4, -0.2) is 41.1 Å². The van der Waals surface area contributed by atoms with E-state index < -0.39 is 12.6 Å². The van der Waals surface area contributed by atoms with Gasteiger partial charge in [-0.25, -0.2) is 4.79 Å². The van der Waals surface area contributed by atoms with E-state index >= 15 is 0 Å². The Hall–Kier alpha value is -2.82. The minimum atomic E-state index is -1.05. The first-order valence-electron chi connectivity index (χ1n) is 8.37. The molecule has 130 valence electrons. The fourth-order valence-electron chi connectivity index (χ4n) is 3.40. The number of carbonyl (C=O) groups excluding carboxylic acids is 1. The Bertz CT molecular complexity index is 759. The molecule has 0 aliphatic carbocycles. The molecule has 0 bridgehead atoms. The number of carboxylic acid groups (broad SMARTS) is 1. The number of likely N-dealkylation sites (tertiary alicyclic amines) is 1. The third-order valence-electron chi connectivity index (χ3n) is 4.69. The number of amides is 1. The molecule has 1 heterocycles. The lowest BCUT2D eigenvalue weighted by molar-refractivity contribution is -0.139. The highest BCUT2D eigenvalue weighted by Crippen LogP contribution is 2.34. The van der Waals surface area contributed by atoms with Gasteiger partial charge in [0.2, 0.25) is 0 Å². The summed E-state index contributed by atoms with van der Waals surface area (Å²) in [7, 11) is 0. The standard InChI is InChI=1S/C20H21NO4/c1-14-18(15-6-3-2-4-7-15)10-11-21(14)20(24)16-8-5-9-17(12-16)25-13-19(22)23/h2-9,12,14,18H,10-11,13H2,1H3,(H,22,23). The van der Waals surface area contributed by atoms with Gasteiger partial charge in [-0.05, 0) is 37.1 Å². The summed E-state index contributed by atoms with van der Waals surface area (Å²) < 4.78 is 5.17. The summed E-state index contributed by atoms with van der Waals surface area (Å²) in [5.74, 6) is -0.376. The molecular formula is C20H21NO4. The molecule has 1 aliphatic heterocycles. The molecule has 0 spiro atoms. The highest BCUT2D eigenvalue weighted by molar-refractivity contribution is 5.95. The molecule has 2 unspecified atom stereocenters. The molecule has 5 nitrogen and oxygen atoms in total. The average Bonchev–Trinajstić information content (AvgIpc) is 3.02. The van der Waals surface area contributed by atoms with Gasteiger partial charge in [-0.15, -0.1) is 0 Å². The lowest BCUT2D eigenvalue weighted by atomic mass is 9.93. The summed E-state index contributed by atoms with van der Waals surface area (Å²) in [6.07, 6.45) is 0.937. The van der Waals surface area contributed by atoms with Gasteiger partial charge >= 0.3 is 5.97 Å². The molecule has 2 atom stereocenters. The van der Waals surface area contributed by atoms with Crippen LogP contribution in [0.2, 0.25) is 0 Å². The Balaban J connectivity index is 1.73. The van der Waals surface area contributed by atoms with Crippen LogP contribution in [0.5, 0.6) is 5.75 Å². The predicted molar refractivity (Wildman–Crippen MR) is 93.9 cm³/mol. The van der Waals surface area contributed by atoms with E-state index in [0.29, 0.717) is 23.8 Å². The first-order chi connectivity index (χ1) is 12.1. The van der Waals surface area contributed by atoms with Gasteiger partial charge in [0, 0.05) is 24.1 Å². The summed E-state index contributed by atoms with van der Waals surface area (Å²) in [5.41, 5.74) is 1.77. The minimum Gasteiger partial charge on any atom is -0.482 e. The van der Waals surface area contributed by atoms with Gasteiger partial charge in [-0.1, -0.05) is 36.4 Å². The zero-order valence-electron chi connectivity index (χ0n) is 14.1. The average molecular weight is 339 g/mol. The third-order valence-corrected chi connectivity index (χ3v) is 4.69. The molecule has 5 heteroatoms. The molecule has 0 aromatic heterocycles. The molecular weight excluding hydrogens is 318 g/mol. The molecule has 1 N–H and O–H groups in total. The van der Waals surface area contributed by atoms with Gasteiger partial charge in [-0.3, -0.25) is 4.79 Å². The monoisotopic (exact) mass is 339 g/mol. The van der Waals surface area contributed by atoms with Crippen molar-refractivity contribution < 1.29 is 19.4 Å². The number of rotatable bonds is 5. The van der Waals surface area contributed by atoms with Crippen LogP contribution in [0.3, 0.4) is 0 Å². The summed E-state index contributed by atoms with van der Waals surface area (Å²) in [6.45, 7) is 2.36. The fraction of sp³-hybridized carbons (Fsp3) is 0.300. The number of hydrogen-bond acceptors (Lipinski definition) is 3. The van der Waals surface area contributed by atoms with E-state index in [4.69, 9.17) is 9.84 Å². The number of nitrogens with zero attached hydrogens (tertiary/aromatic N) is 1. The third kappa shape index (κ3) is 3.82. The lowest BCUT2D eigenvalue weighted by Crippen LogP contribution is -2.35. The fourth-order valence-corrected chi connectivity index (χ4v) is 3.40. The molecule has 1 amide bonds. The van der Waals surface area contributed by atoms with Crippen LogP contribution in [0.15, 0.2) is 54.6 Å². The number of carbonyl (C=O) groups is 2. The van der Waals surface area contributed by atoms with Crippen molar-refractivity contribution >= 4 is 11.9 Å². The van der Waals surface area contributed by atoms with Crippen LogP contribution in [0.4, 0.5) is 0 Å². The van der Waals surface area contributed by atoms with Gasteiger partial charge in [0.15, 0.2) is 6.61 Å². The molecule has 2 aromatic carbocycles.